The molecular weight excluding hydrogens is 328 g/mol. The van der Waals surface area contributed by atoms with Gasteiger partial charge in [0, 0.05) is 22.0 Å². The Labute approximate surface area is 136 Å². The van der Waals surface area contributed by atoms with Crippen LogP contribution in [0.1, 0.15) is 12.5 Å². The molecule has 1 heterocycles. The summed E-state index contributed by atoms with van der Waals surface area (Å²) in [6.07, 6.45) is 4.76. The van der Waals surface area contributed by atoms with Gasteiger partial charge in [0.15, 0.2) is 0 Å². The van der Waals surface area contributed by atoms with Crippen molar-refractivity contribution >= 4 is 23.5 Å². The first-order valence-corrected chi connectivity index (χ1v) is 9.02. The largest absolute Gasteiger partial charge is 0.382 e. The molecule has 120 valence electrons. The fourth-order valence-electron chi connectivity index (χ4n) is 2.14. The summed E-state index contributed by atoms with van der Waals surface area (Å²) < 4.78 is 28.8. The molecule has 1 N–H and O–H groups in total. The minimum atomic E-state index is -1.52. The molecule has 2 rings (SSSR count). The van der Waals surface area contributed by atoms with Crippen molar-refractivity contribution in [2.45, 2.75) is 24.3 Å². The van der Waals surface area contributed by atoms with Crippen molar-refractivity contribution < 1.29 is 13.9 Å². The fraction of sp³-hybridized carbons (Fsp3) is 0.429. The number of halogens is 2. The lowest BCUT2D eigenvalue weighted by molar-refractivity contribution is 0.0134. The summed E-state index contributed by atoms with van der Waals surface area (Å²) in [5.41, 5.74) is -1.46. The normalized spacial score (nSPS) is 15.5. The standard InChI is InChI=1S/C14H17F2N3OS2/c1-10(22-9-21-2)14(20,6-19-8-17-7-18-19)12-4-3-11(15)5-13(12)16/h3-5,7-8,10,20H,6,9H2,1-2H3/t10-,14-/m1/s1. The Hall–Kier alpha value is -1.12. The highest BCUT2D eigenvalue weighted by molar-refractivity contribution is 8.15. The highest BCUT2D eigenvalue weighted by Crippen LogP contribution is 2.36. The van der Waals surface area contributed by atoms with Gasteiger partial charge in [0.25, 0.3) is 0 Å². The van der Waals surface area contributed by atoms with Crippen LogP contribution >= 0.6 is 23.5 Å². The average Bonchev–Trinajstić information content (AvgIpc) is 2.97. The van der Waals surface area contributed by atoms with E-state index in [9.17, 15) is 13.9 Å². The second-order valence-corrected chi connectivity index (χ2v) is 7.42. The molecule has 22 heavy (non-hydrogen) atoms. The van der Waals surface area contributed by atoms with Gasteiger partial charge in [-0.05, 0) is 12.3 Å². The summed E-state index contributed by atoms with van der Waals surface area (Å²) in [6.45, 7) is 1.86. The molecule has 0 unspecified atom stereocenters. The zero-order chi connectivity index (χ0) is 16.2. The van der Waals surface area contributed by atoms with E-state index in [1.807, 2.05) is 13.2 Å². The highest BCUT2D eigenvalue weighted by Gasteiger charge is 2.39. The van der Waals surface area contributed by atoms with Crippen LogP contribution in [-0.4, -0.2) is 36.5 Å². The van der Waals surface area contributed by atoms with E-state index in [0.29, 0.717) is 0 Å². The molecule has 0 saturated carbocycles. The van der Waals surface area contributed by atoms with Gasteiger partial charge in [0.1, 0.15) is 29.9 Å². The van der Waals surface area contributed by atoms with Gasteiger partial charge in [-0.1, -0.05) is 13.0 Å². The number of thioether (sulfide) groups is 2. The van der Waals surface area contributed by atoms with Crippen molar-refractivity contribution in [2.24, 2.45) is 0 Å². The molecule has 0 aliphatic rings. The number of aromatic nitrogens is 3. The highest BCUT2D eigenvalue weighted by atomic mass is 32.2. The summed E-state index contributed by atoms with van der Waals surface area (Å²) in [4.78, 5) is 3.83. The van der Waals surface area contributed by atoms with Gasteiger partial charge in [0.2, 0.25) is 0 Å². The first kappa shape index (κ1) is 17.2. The van der Waals surface area contributed by atoms with E-state index in [-0.39, 0.29) is 17.4 Å². The quantitative estimate of drug-likeness (QED) is 0.782. The van der Waals surface area contributed by atoms with E-state index >= 15 is 0 Å². The smallest absolute Gasteiger partial charge is 0.137 e. The Kier molecular flexibility index (Phi) is 5.82. The Morgan fingerprint density at radius 3 is 2.77 bits per heavy atom. The van der Waals surface area contributed by atoms with Gasteiger partial charge in [-0.15, -0.1) is 11.8 Å². The van der Waals surface area contributed by atoms with Gasteiger partial charge in [-0.25, -0.2) is 18.4 Å². The number of benzene rings is 1. The molecule has 2 atom stereocenters. The summed E-state index contributed by atoms with van der Waals surface area (Å²) in [6, 6.07) is 3.22. The topological polar surface area (TPSA) is 50.9 Å². The van der Waals surface area contributed by atoms with Crippen molar-refractivity contribution in [2.75, 3.05) is 11.3 Å². The predicted octanol–water partition coefficient (Wildman–Crippen LogP) is 2.89. The monoisotopic (exact) mass is 345 g/mol. The van der Waals surface area contributed by atoms with E-state index in [4.69, 9.17) is 0 Å². The maximum Gasteiger partial charge on any atom is 0.137 e. The zero-order valence-corrected chi connectivity index (χ0v) is 13.9. The van der Waals surface area contributed by atoms with Crippen molar-refractivity contribution in [1.82, 2.24) is 14.8 Å². The second-order valence-electron chi connectivity index (χ2n) is 4.86. The summed E-state index contributed by atoms with van der Waals surface area (Å²) in [7, 11) is 0. The Bertz CT molecular complexity index is 612. The average molecular weight is 345 g/mol. The Morgan fingerprint density at radius 1 is 1.41 bits per heavy atom. The van der Waals surface area contributed by atoms with Crippen LogP contribution in [0.3, 0.4) is 0 Å². The molecule has 0 aliphatic carbocycles. The third kappa shape index (κ3) is 3.80. The van der Waals surface area contributed by atoms with Crippen LogP contribution in [0.2, 0.25) is 0 Å². The Balaban J connectivity index is 2.39. The first-order chi connectivity index (χ1) is 10.5. The van der Waals surface area contributed by atoms with E-state index < -0.39 is 17.2 Å². The lowest BCUT2D eigenvalue weighted by Crippen LogP contribution is -2.41. The van der Waals surface area contributed by atoms with Gasteiger partial charge in [0.05, 0.1) is 6.54 Å². The molecule has 0 radical (unpaired) electrons. The molecule has 8 heteroatoms. The van der Waals surface area contributed by atoms with Crippen LogP contribution in [0.15, 0.2) is 30.9 Å². The number of hydrogen-bond acceptors (Lipinski definition) is 5. The minimum Gasteiger partial charge on any atom is -0.382 e. The van der Waals surface area contributed by atoms with Crippen molar-refractivity contribution in [3.63, 3.8) is 0 Å². The molecule has 1 aromatic heterocycles. The predicted molar refractivity (Wildman–Crippen MR) is 85.7 cm³/mol. The Morgan fingerprint density at radius 2 is 2.18 bits per heavy atom. The number of rotatable bonds is 7. The molecule has 0 saturated heterocycles. The van der Waals surface area contributed by atoms with E-state index in [2.05, 4.69) is 10.1 Å². The molecule has 0 spiro atoms. The molecule has 0 bridgehead atoms. The number of nitrogens with zero attached hydrogens (tertiary/aromatic N) is 3. The maximum atomic E-state index is 14.2. The van der Waals surface area contributed by atoms with Gasteiger partial charge in [-0.2, -0.15) is 16.9 Å². The van der Waals surface area contributed by atoms with Gasteiger partial charge >= 0.3 is 0 Å². The van der Waals surface area contributed by atoms with Gasteiger partial charge in [-0.3, -0.25) is 0 Å². The zero-order valence-electron chi connectivity index (χ0n) is 12.2. The van der Waals surface area contributed by atoms with Crippen LogP contribution in [0.5, 0.6) is 0 Å². The first-order valence-electron chi connectivity index (χ1n) is 6.58. The number of hydrogen-bond donors (Lipinski definition) is 1. The van der Waals surface area contributed by atoms with Crippen molar-refractivity contribution in [3.8, 4) is 0 Å². The van der Waals surface area contributed by atoms with Crippen molar-refractivity contribution in [1.29, 1.82) is 0 Å². The second kappa shape index (κ2) is 7.43. The third-order valence-electron chi connectivity index (χ3n) is 3.38. The molecule has 0 amide bonds. The van der Waals surface area contributed by atoms with Crippen LogP contribution < -0.4 is 0 Å². The van der Waals surface area contributed by atoms with Crippen LogP contribution in [-0.2, 0) is 12.1 Å². The molecule has 0 fully saturated rings. The van der Waals surface area contributed by atoms with E-state index in [0.717, 1.165) is 17.2 Å². The summed E-state index contributed by atoms with van der Waals surface area (Å²) >= 11 is 3.12. The molecule has 0 aliphatic heterocycles. The van der Waals surface area contributed by atoms with Gasteiger partial charge < -0.3 is 5.11 Å². The number of aliphatic hydroxyl groups is 1. The van der Waals surface area contributed by atoms with E-state index in [1.165, 1.54) is 35.2 Å². The molecule has 2 aromatic rings. The molecule has 1 aromatic carbocycles. The lowest BCUT2D eigenvalue weighted by atomic mass is 9.90. The van der Waals surface area contributed by atoms with Crippen molar-refractivity contribution in [3.05, 3.63) is 48.1 Å². The van der Waals surface area contributed by atoms with Crippen LogP contribution in [0.25, 0.3) is 0 Å². The fourth-order valence-corrected chi connectivity index (χ4v) is 3.98. The van der Waals surface area contributed by atoms with Crippen LogP contribution in [0, 0.1) is 11.6 Å². The summed E-state index contributed by atoms with van der Waals surface area (Å²) in [5.74, 6) is -1.44. The summed E-state index contributed by atoms with van der Waals surface area (Å²) in [5, 5.41) is 15.5. The van der Waals surface area contributed by atoms with Crippen LogP contribution in [0.4, 0.5) is 8.78 Å². The lowest BCUT2D eigenvalue weighted by Gasteiger charge is -2.34. The maximum absolute atomic E-state index is 14.2. The minimum absolute atomic E-state index is 0.0398. The molecule has 4 nitrogen and oxygen atoms in total. The van der Waals surface area contributed by atoms with E-state index in [1.54, 1.807) is 11.8 Å². The molecular formula is C14H17F2N3OS2. The SMILES string of the molecule is CSCS[C@H](C)[C@](O)(Cn1cncn1)c1ccc(F)cc1F. The third-order valence-corrected chi connectivity index (χ3v) is 5.75.